The van der Waals surface area contributed by atoms with E-state index in [0.29, 0.717) is 21.4 Å². The van der Waals surface area contributed by atoms with Crippen molar-refractivity contribution >= 4 is 35.1 Å². The van der Waals surface area contributed by atoms with Crippen LogP contribution >= 0.6 is 23.5 Å². The lowest BCUT2D eigenvalue weighted by atomic mass is 10.1. The molecule has 0 bridgehead atoms. The number of rotatable bonds is 4. The summed E-state index contributed by atoms with van der Waals surface area (Å²) in [5.41, 5.74) is 3.67. The summed E-state index contributed by atoms with van der Waals surface area (Å²) in [6.45, 7) is 0. The van der Waals surface area contributed by atoms with E-state index in [1.807, 2.05) is 41.7 Å². The standard InChI is InChI=1S/C19H16FN3OS2/c20-14-6-4-12(5-7-14)17-16(11-21-23-17)18(24)22-15-3-1-2-13(10-15)19-25-8-9-26-19/h1-7,10-11,19H,8-9H2,(H,21,23)(H,22,24). The summed E-state index contributed by atoms with van der Waals surface area (Å²) < 4.78 is 13.6. The molecule has 1 amide bonds. The smallest absolute Gasteiger partial charge is 0.259 e. The van der Waals surface area contributed by atoms with Crippen molar-refractivity contribution in [3.63, 3.8) is 0 Å². The van der Waals surface area contributed by atoms with E-state index in [1.165, 1.54) is 23.9 Å². The Labute approximate surface area is 159 Å². The third-order valence-electron chi connectivity index (χ3n) is 4.06. The molecule has 26 heavy (non-hydrogen) atoms. The number of carbonyl (C=O) groups excluding carboxylic acids is 1. The second-order valence-electron chi connectivity index (χ2n) is 5.82. The first-order chi connectivity index (χ1) is 12.7. The fraction of sp³-hybridized carbons (Fsp3) is 0.158. The Hall–Kier alpha value is -2.25. The summed E-state index contributed by atoms with van der Waals surface area (Å²) in [6, 6.07) is 13.9. The van der Waals surface area contributed by atoms with Crippen LogP contribution in [0.1, 0.15) is 20.5 Å². The number of aromatic nitrogens is 2. The van der Waals surface area contributed by atoms with Crippen LogP contribution in [0, 0.1) is 5.82 Å². The van der Waals surface area contributed by atoms with Gasteiger partial charge in [-0.1, -0.05) is 12.1 Å². The minimum Gasteiger partial charge on any atom is -0.322 e. The van der Waals surface area contributed by atoms with Gasteiger partial charge < -0.3 is 5.32 Å². The largest absolute Gasteiger partial charge is 0.322 e. The van der Waals surface area contributed by atoms with E-state index in [9.17, 15) is 9.18 Å². The molecule has 1 fully saturated rings. The lowest BCUT2D eigenvalue weighted by molar-refractivity contribution is 0.102. The van der Waals surface area contributed by atoms with Crippen LogP contribution in [0.3, 0.4) is 0 Å². The zero-order valence-electron chi connectivity index (χ0n) is 13.7. The summed E-state index contributed by atoms with van der Waals surface area (Å²) >= 11 is 3.85. The Bertz CT molecular complexity index is 921. The molecule has 2 aromatic carbocycles. The van der Waals surface area contributed by atoms with E-state index in [1.54, 1.807) is 12.1 Å². The van der Waals surface area contributed by atoms with Gasteiger partial charge in [0.1, 0.15) is 5.82 Å². The van der Waals surface area contributed by atoms with Crippen LogP contribution in [0.15, 0.2) is 54.7 Å². The Kier molecular flexibility index (Phi) is 4.99. The first kappa shape index (κ1) is 17.2. The van der Waals surface area contributed by atoms with Crippen molar-refractivity contribution in [1.29, 1.82) is 0 Å². The zero-order valence-corrected chi connectivity index (χ0v) is 15.4. The summed E-state index contributed by atoms with van der Waals surface area (Å²) in [5.74, 6) is 1.74. The molecule has 0 spiro atoms. The fourth-order valence-corrected chi connectivity index (χ4v) is 5.65. The number of thioether (sulfide) groups is 2. The number of nitrogens with zero attached hydrogens (tertiary/aromatic N) is 1. The van der Waals surface area contributed by atoms with Crippen molar-refractivity contribution in [2.75, 3.05) is 16.8 Å². The quantitative estimate of drug-likeness (QED) is 0.667. The second kappa shape index (κ2) is 7.55. The normalized spacial score (nSPS) is 14.5. The number of benzene rings is 2. The van der Waals surface area contributed by atoms with Crippen molar-refractivity contribution in [3.8, 4) is 11.3 Å². The van der Waals surface area contributed by atoms with Crippen molar-refractivity contribution in [3.05, 3.63) is 71.7 Å². The van der Waals surface area contributed by atoms with Gasteiger partial charge in [0.25, 0.3) is 5.91 Å². The summed E-state index contributed by atoms with van der Waals surface area (Å²) in [5, 5.41) is 9.74. The highest BCUT2D eigenvalue weighted by molar-refractivity contribution is 8.19. The number of anilines is 1. The first-order valence-corrected chi connectivity index (χ1v) is 10.2. The van der Waals surface area contributed by atoms with Crippen LogP contribution < -0.4 is 5.32 Å². The Morgan fingerprint density at radius 1 is 1.15 bits per heavy atom. The third kappa shape index (κ3) is 3.64. The summed E-state index contributed by atoms with van der Waals surface area (Å²) in [7, 11) is 0. The highest BCUT2D eigenvalue weighted by Gasteiger charge is 2.19. The lowest BCUT2D eigenvalue weighted by Crippen LogP contribution is -2.12. The van der Waals surface area contributed by atoms with Gasteiger partial charge in [0.2, 0.25) is 0 Å². The predicted molar refractivity (Wildman–Crippen MR) is 106 cm³/mol. The third-order valence-corrected chi connectivity index (χ3v) is 7.16. The molecule has 3 aromatic rings. The number of nitrogens with one attached hydrogen (secondary N) is 2. The van der Waals surface area contributed by atoms with E-state index in [0.717, 1.165) is 17.2 Å². The van der Waals surface area contributed by atoms with Crippen molar-refractivity contribution in [2.45, 2.75) is 4.58 Å². The van der Waals surface area contributed by atoms with Crippen LogP contribution in [0.25, 0.3) is 11.3 Å². The molecule has 1 saturated heterocycles. The maximum atomic E-state index is 13.1. The molecule has 7 heteroatoms. The molecule has 4 rings (SSSR count). The molecule has 1 aromatic heterocycles. The van der Waals surface area contributed by atoms with E-state index < -0.39 is 0 Å². The molecular formula is C19H16FN3OS2. The highest BCUT2D eigenvalue weighted by atomic mass is 32.2. The molecule has 0 radical (unpaired) electrons. The Morgan fingerprint density at radius 3 is 2.69 bits per heavy atom. The SMILES string of the molecule is O=C(Nc1cccc(C2SCCS2)c1)c1cn[nH]c1-c1ccc(F)cc1. The second-order valence-corrected chi connectivity index (χ2v) is 8.54. The maximum absolute atomic E-state index is 13.1. The van der Waals surface area contributed by atoms with E-state index in [4.69, 9.17) is 0 Å². The average Bonchev–Trinajstić information content (AvgIpc) is 3.35. The van der Waals surface area contributed by atoms with E-state index >= 15 is 0 Å². The van der Waals surface area contributed by atoms with Gasteiger partial charge in [0, 0.05) is 22.8 Å². The monoisotopic (exact) mass is 385 g/mol. The van der Waals surface area contributed by atoms with Crippen LogP contribution in [0.5, 0.6) is 0 Å². The molecule has 0 saturated carbocycles. The first-order valence-electron chi connectivity index (χ1n) is 8.14. The average molecular weight is 385 g/mol. The summed E-state index contributed by atoms with van der Waals surface area (Å²) in [6.07, 6.45) is 1.49. The molecule has 4 nitrogen and oxygen atoms in total. The van der Waals surface area contributed by atoms with E-state index in [2.05, 4.69) is 21.6 Å². The minimum atomic E-state index is -0.321. The van der Waals surface area contributed by atoms with E-state index in [-0.39, 0.29) is 11.7 Å². The molecule has 0 unspecified atom stereocenters. The minimum absolute atomic E-state index is 0.248. The van der Waals surface area contributed by atoms with Gasteiger partial charge in [-0.25, -0.2) is 4.39 Å². The topological polar surface area (TPSA) is 57.8 Å². The number of halogens is 1. The van der Waals surface area contributed by atoms with Crippen LogP contribution in [-0.2, 0) is 0 Å². The van der Waals surface area contributed by atoms with Crippen LogP contribution in [0.4, 0.5) is 10.1 Å². The molecule has 2 heterocycles. The number of H-pyrrole nitrogens is 1. The van der Waals surface area contributed by atoms with Gasteiger partial charge in [-0.2, -0.15) is 5.10 Å². The van der Waals surface area contributed by atoms with Gasteiger partial charge in [-0.3, -0.25) is 9.89 Å². The lowest BCUT2D eigenvalue weighted by Gasteiger charge is -2.11. The molecule has 132 valence electrons. The van der Waals surface area contributed by atoms with Crippen LogP contribution in [0.2, 0.25) is 0 Å². The molecule has 1 aliphatic rings. The molecular weight excluding hydrogens is 369 g/mol. The predicted octanol–water partition coefficient (Wildman–Crippen LogP) is 4.95. The zero-order chi connectivity index (χ0) is 17.9. The molecule has 1 aliphatic heterocycles. The molecule has 0 atom stereocenters. The Balaban J connectivity index is 1.55. The number of aromatic amines is 1. The number of hydrogen-bond donors (Lipinski definition) is 2. The van der Waals surface area contributed by atoms with Gasteiger partial charge in [-0.05, 0) is 42.0 Å². The Morgan fingerprint density at radius 2 is 1.92 bits per heavy atom. The number of hydrogen-bond acceptors (Lipinski definition) is 4. The van der Waals surface area contributed by atoms with Gasteiger partial charge >= 0.3 is 0 Å². The van der Waals surface area contributed by atoms with Crippen molar-refractivity contribution in [2.24, 2.45) is 0 Å². The van der Waals surface area contributed by atoms with Crippen LogP contribution in [-0.4, -0.2) is 27.6 Å². The van der Waals surface area contributed by atoms with Crippen molar-refractivity contribution in [1.82, 2.24) is 10.2 Å². The molecule has 2 N–H and O–H groups in total. The summed E-state index contributed by atoms with van der Waals surface area (Å²) in [4.78, 5) is 12.7. The highest BCUT2D eigenvalue weighted by Crippen LogP contribution is 2.45. The fourth-order valence-electron chi connectivity index (χ4n) is 2.81. The number of carbonyl (C=O) groups is 1. The van der Waals surface area contributed by atoms with Crippen molar-refractivity contribution < 1.29 is 9.18 Å². The molecule has 0 aliphatic carbocycles. The van der Waals surface area contributed by atoms with Gasteiger partial charge in [0.15, 0.2) is 0 Å². The van der Waals surface area contributed by atoms with Gasteiger partial charge in [-0.15, -0.1) is 23.5 Å². The maximum Gasteiger partial charge on any atom is 0.259 e. The van der Waals surface area contributed by atoms with Gasteiger partial charge in [0.05, 0.1) is 22.0 Å². The number of amides is 1.